The van der Waals surface area contributed by atoms with Gasteiger partial charge < -0.3 is 0 Å². The molecule has 0 aromatic heterocycles. The number of rotatable bonds is 2. The van der Waals surface area contributed by atoms with Crippen molar-refractivity contribution < 1.29 is 26.7 Å². The van der Waals surface area contributed by atoms with E-state index in [0.29, 0.717) is 12.1 Å². The molecule has 0 heterocycles. The first-order valence-electron chi connectivity index (χ1n) is 4.37. The van der Waals surface area contributed by atoms with Gasteiger partial charge in [0, 0.05) is 5.56 Å². The maximum atomic E-state index is 13.4. The summed E-state index contributed by atoms with van der Waals surface area (Å²) in [4.78, 5) is 10.8. The average molecular weight is 238 g/mol. The molecular weight excluding hydrogens is 231 g/mol. The Balaban J connectivity index is 3.32. The quantitative estimate of drug-likeness (QED) is 0.570. The summed E-state index contributed by atoms with van der Waals surface area (Å²) in [5.41, 5.74) is -1.67. The second-order valence-electron chi connectivity index (χ2n) is 3.07. The minimum absolute atomic E-state index is 0.128. The fourth-order valence-electron chi connectivity index (χ4n) is 1.25. The molecule has 0 aliphatic rings. The topological polar surface area (TPSA) is 17.1 Å². The van der Waals surface area contributed by atoms with Gasteiger partial charge in [0.2, 0.25) is 0 Å². The van der Waals surface area contributed by atoms with Crippen LogP contribution < -0.4 is 0 Å². The van der Waals surface area contributed by atoms with Crippen molar-refractivity contribution in [3.8, 4) is 0 Å². The summed E-state index contributed by atoms with van der Waals surface area (Å²) in [5.74, 6) is -4.71. The van der Waals surface area contributed by atoms with Crippen molar-refractivity contribution in [2.24, 2.45) is 0 Å². The molecule has 1 nitrogen and oxygen atoms in total. The predicted molar refractivity (Wildman–Crippen MR) is 46.1 cm³/mol. The molecule has 0 spiro atoms. The Hall–Kier alpha value is -1.46. The second-order valence-corrected chi connectivity index (χ2v) is 3.07. The van der Waals surface area contributed by atoms with Crippen molar-refractivity contribution in [1.29, 1.82) is 0 Å². The summed E-state index contributed by atoms with van der Waals surface area (Å²) in [6, 6.07) is 1.15. The maximum absolute atomic E-state index is 13.4. The van der Waals surface area contributed by atoms with E-state index in [2.05, 4.69) is 0 Å². The van der Waals surface area contributed by atoms with Gasteiger partial charge in [-0.25, -0.2) is 8.78 Å². The van der Waals surface area contributed by atoms with E-state index in [-0.39, 0.29) is 6.42 Å². The predicted octanol–water partition coefficient (Wildman–Crippen LogP) is 3.27. The number of Topliss-reactive ketones (excluding diaryl/α,β-unsaturated/α-hetero) is 1. The van der Waals surface area contributed by atoms with Crippen molar-refractivity contribution in [2.45, 2.75) is 19.5 Å². The van der Waals surface area contributed by atoms with E-state index in [1.807, 2.05) is 0 Å². The van der Waals surface area contributed by atoms with Crippen LogP contribution in [-0.2, 0) is 6.42 Å². The molecule has 0 atom stereocenters. The SMILES string of the molecule is CCc1c(F)ccc(C(=O)C(F)(F)F)c1F. The van der Waals surface area contributed by atoms with Gasteiger partial charge in [-0.2, -0.15) is 13.2 Å². The largest absolute Gasteiger partial charge is 0.454 e. The Labute approximate surface area is 87.9 Å². The van der Waals surface area contributed by atoms with Crippen LogP contribution in [0.25, 0.3) is 0 Å². The summed E-state index contributed by atoms with van der Waals surface area (Å²) in [7, 11) is 0. The lowest BCUT2D eigenvalue weighted by Gasteiger charge is -2.09. The van der Waals surface area contributed by atoms with E-state index in [9.17, 15) is 26.7 Å². The minimum Gasteiger partial charge on any atom is -0.284 e. The molecule has 0 N–H and O–H groups in total. The third kappa shape index (κ3) is 2.20. The normalized spacial score (nSPS) is 11.6. The summed E-state index contributed by atoms with van der Waals surface area (Å²) in [5, 5.41) is 0. The minimum atomic E-state index is -5.16. The summed E-state index contributed by atoms with van der Waals surface area (Å²) in [6.45, 7) is 1.38. The lowest BCUT2D eigenvalue weighted by Crippen LogP contribution is -2.24. The van der Waals surface area contributed by atoms with E-state index in [0.717, 1.165) is 0 Å². The van der Waals surface area contributed by atoms with Crippen LogP contribution in [-0.4, -0.2) is 12.0 Å². The molecule has 0 fully saturated rings. The Morgan fingerprint density at radius 2 is 1.81 bits per heavy atom. The number of hydrogen-bond acceptors (Lipinski definition) is 1. The highest BCUT2D eigenvalue weighted by Gasteiger charge is 2.41. The smallest absolute Gasteiger partial charge is 0.284 e. The van der Waals surface area contributed by atoms with Crippen LogP contribution in [0.1, 0.15) is 22.8 Å². The number of carbonyl (C=O) groups is 1. The fraction of sp³-hybridized carbons (Fsp3) is 0.300. The molecule has 0 radical (unpaired) electrons. The Morgan fingerprint density at radius 1 is 1.25 bits per heavy atom. The van der Waals surface area contributed by atoms with Crippen molar-refractivity contribution in [3.05, 3.63) is 34.9 Å². The first-order valence-corrected chi connectivity index (χ1v) is 4.37. The second kappa shape index (κ2) is 4.19. The van der Waals surface area contributed by atoms with Crippen LogP contribution >= 0.6 is 0 Å². The van der Waals surface area contributed by atoms with E-state index in [4.69, 9.17) is 0 Å². The highest BCUT2D eigenvalue weighted by molar-refractivity contribution is 6.00. The summed E-state index contributed by atoms with van der Waals surface area (Å²) >= 11 is 0. The van der Waals surface area contributed by atoms with Crippen molar-refractivity contribution in [1.82, 2.24) is 0 Å². The van der Waals surface area contributed by atoms with E-state index in [1.54, 1.807) is 0 Å². The number of benzene rings is 1. The highest BCUT2D eigenvalue weighted by Crippen LogP contribution is 2.25. The number of ketones is 1. The molecule has 0 unspecified atom stereocenters. The number of alkyl halides is 3. The molecule has 6 heteroatoms. The Bertz CT molecular complexity index is 422. The molecular formula is C10H7F5O. The Morgan fingerprint density at radius 3 is 2.25 bits per heavy atom. The van der Waals surface area contributed by atoms with Gasteiger partial charge in [0.1, 0.15) is 11.6 Å². The average Bonchev–Trinajstić information content (AvgIpc) is 2.16. The molecule has 0 amide bonds. The zero-order chi connectivity index (χ0) is 12.5. The fourth-order valence-corrected chi connectivity index (χ4v) is 1.25. The van der Waals surface area contributed by atoms with Gasteiger partial charge in [0.25, 0.3) is 5.78 Å². The molecule has 88 valence electrons. The van der Waals surface area contributed by atoms with Crippen LogP contribution in [0.4, 0.5) is 22.0 Å². The first-order chi connectivity index (χ1) is 7.29. The van der Waals surface area contributed by atoms with Crippen molar-refractivity contribution >= 4 is 5.78 Å². The van der Waals surface area contributed by atoms with Crippen molar-refractivity contribution in [2.75, 3.05) is 0 Å². The van der Waals surface area contributed by atoms with Gasteiger partial charge in [-0.3, -0.25) is 4.79 Å². The molecule has 16 heavy (non-hydrogen) atoms. The molecule has 0 bridgehead atoms. The van der Waals surface area contributed by atoms with Crippen LogP contribution in [0.5, 0.6) is 0 Å². The molecule has 0 saturated carbocycles. The van der Waals surface area contributed by atoms with Gasteiger partial charge in [0.15, 0.2) is 0 Å². The zero-order valence-corrected chi connectivity index (χ0v) is 8.16. The van der Waals surface area contributed by atoms with Gasteiger partial charge in [-0.05, 0) is 18.6 Å². The molecule has 0 aliphatic heterocycles. The number of hydrogen-bond donors (Lipinski definition) is 0. The Kier molecular flexibility index (Phi) is 3.30. The monoisotopic (exact) mass is 238 g/mol. The van der Waals surface area contributed by atoms with Crippen LogP contribution in [0.3, 0.4) is 0 Å². The van der Waals surface area contributed by atoms with Crippen LogP contribution in [0.2, 0.25) is 0 Å². The molecule has 0 aliphatic carbocycles. The maximum Gasteiger partial charge on any atom is 0.454 e. The summed E-state index contributed by atoms with van der Waals surface area (Å²) in [6.07, 6.45) is -5.29. The van der Waals surface area contributed by atoms with E-state index >= 15 is 0 Å². The molecule has 0 saturated heterocycles. The van der Waals surface area contributed by atoms with Crippen molar-refractivity contribution in [3.63, 3.8) is 0 Å². The van der Waals surface area contributed by atoms with Gasteiger partial charge in [0.05, 0.1) is 5.56 Å². The zero-order valence-electron chi connectivity index (χ0n) is 8.16. The van der Waals surface area contributed by atoms with E-state index < -0.39 is 34.7 Å². The van der Waals surface area contributed by atoms with Gasteiger partial charge >= 0.3 is 6.18 Å². The molecule has 1 aromatic carbocycles. The highest BCUT2D eigenvalue weighted by atomic mass is 19.4. The van der Waals surface area contributed by atoms with E-state index in [1.165, 1.54) is 6.92 Å². The van der Waals surface area contributed by atoms with Gasteiger partial charge in [-0.15, -0.1) is 0 Å². The van der Waals surface area contributed by atoms with Crippen LogP contribution in [0.15, 0.2) is 12.1 Å². The third-order valence-corrected chi connectivity index (χ3v) is 2.04. The molecule has 1 aromatic rings. The standard InChI is InChI=1S/C10H7F5O/c1-2-5-7(11)4-3-6(8(5)12)9(16)10(13,14)15/h3-4H,2H2,1H3. The molecule has 1 rings (SSSR count). The third-order valence-electron chi connectivity index (χ3n) is 2.04. The lowest BCUT2D eigenvalue weighted by molar-refractivity contribution is -0.0887. The van der Waals surface area contributed by atoms with Crippen LogP contribution in [0, 0.1) is 11.6 Å². The number of halogens is 5. The lowest BCUT2D eigenvalue weighted by atomic mass is 10.0. The van der Waals surface area contributed by atoms with Gasteiger partial charge in [-0.1, -0.05) is 6.92 Å². The number of carbonyl (C=O) groups excluding carboxylic acids is 1. The summed E-state index contributed by atoms with van der Waals surface area (Å²) < 4.78 is 62.4. The first kappa shape index (κ1) is 12.6.